The monoisotopic (exact) mass is 285 g/mol. The summed E-state index contributed by atoms with van der Waals surface area (Å²) in [4.78, 5) is 17.2. The van der Waals surface area contributed by atoms with Crippen LogP contribution in [-0.4, -0.2) is 42.0 Å². The predicted molar refractivity (Wildman–Crippen MR) is 84.9 cm³/mol. The van der Waals surface area contributed by atoms with Crippen molar-refractivity contribution >= 4 is 17.3 Å². The molecule has 3 aliphatic heterocycles. The highest BCUT2D eigenvalue weighted by Crippen LogP contribution is 2.50. The summed E-state index contributed by atoms with van der Waals surface area (Å²) in [6, 6.07) is 7.39. The molecule has 1 fully saturated rings. The Morgan fingerprint density at radius 2 is 2.14 bits per heavy atom. The topological polar surface area (TPSA) is 35.6 Å². The highest BCUT2D eigenvalue weighted by atomic mass is 16.2. The number of rotatable bonds is 1. The van der Waals surface area contributed by atoms with Crippen LogP contribution in [0.15, 0.2) is 18.2 Å². The molecule has 0 spiro atoms. The maximum atomic E-state index is 12.2. The molecule has 0 aromatic heterocycles. The third-order valence-corrected chi connectivity index (χ3v) is 5.47. The van der Waals surface area contributed by atoms with Gasteiger partial charge in [0.2, 0.25) is 5.91 Å². The van der Waals surface area contributed by atoms with Crippen LogP contribution in [-0.2, 0) is 4.79 Å². The van der Waals surface area contributed by atoms with E-state index in [9.17, 15) is 4.79 Å². The van der Waals surface area contributed by atoms with Gasteiger partial charge in [-0.15, -0.1) is 0 Å². The molecule has 4 rings (SSSR count). The lowest BCUT2D eigenvalue weighted by molar-refractivity contribution is -0.117. The maximum Gasteiger partial charge on any atom is 0.246 e. The molecule has 3 unspecified atom stereocenters. The third kappa shape index (κ3) is 1.75. The lowest BCUT2D eigenvalue weighted by Crippen LogP contribution is -2.54. The summed E-state index contributed by atoms with van der Waals surface area (Å²) in [5.74, 6) is 0.665. The van der Waals surface area contributed by atoms with Crippen LogP contribution >= 0.6 is 0 Å². The van der Waals surface area contributed by atoms with Gasteiger partial charge >= 0.3 is 0 Å². The molecule has 4 heteroatoms. The van der Waals surface area contributed by atoms with Crippen LogP contribution in [0.1, 0.15) is 38.7 Å². The maximum absolute atomic E-state index is 12.2. The van der Waals surface area contributed by atoms with Gasteiger partial charge in [0.05, 0.1) is 11.4 Å². The quantitative estimate of drug-likeness (QED) is 0.860. The van der Waals surface area contributed by atoms with Gasteiger partial charge in [-0.25, -0.2) is 0 Å². The third-order valence-electron chi connectivity index (χ3n) is 5.47. The first-order valence-electron chi connectivity index (χ1n) is 8.04. The molecule has 0 bridgehead atoms. The van der Waals surface area contributed by atoms with E-state index < -0.39 is 0 Å². The number of nitrogens with one attached hydrogen (secondary N) is 1. The van der Waals surface area contributed by atoms with E-state index in [1.165, 1.54) is 11.3 Å². The molecule has 3 atom stereocenters. The summed E-state index contributed by atoms with van der Waals surface area (Å²) in [5, 5.41) is 3.07. The molecule has 3 heterocycles. The lowest BCUT2D eigenvalue weighted by Gasteiger charge is -2.43. The van der Waals surface area contributed by atoms with Crippen molar-refractivity contribution in [2.45, 2.75) is 51.2 Å². The molecule has 1 amide bonds. The van der Waals surface area contributed by atoms with E-state index in [2.05, 4.69) is 41.1 Å². The number of hydrogen-bond donors (Lipinski definition) is 1. The van der Waals surface area contributed by atoms with Crippen LogP contribution in [0, 0.1) is 0 Å². The van der Waals surface area contributed by atoms with Crippen molar-refractivity contribution in [2.24, 2.45) is 0 Å². The van der Waals surface area contributed by atoms with E-state index in [-0.39, 0.29) is 11.9 Å². The largest absolute Gasteiger partial charge is 0.354 e. The first-order chi connectivity index (χ1) is 10.1. The van der Waals surface area contributed by atoms with E-state index in [1.807, 2.05) is 13.0 Å². The van der Waals surface area contributed by atoms with Gasteiger partial charge in [-0.05, 0) is 38.8 Å². The number of nitrogens with zero attached hydrogens (tertiary/aromatic N) is 2. The Morgan fingerprint density at radius 3 is 2.90 bits per heavy atom. The van der Waals surface area contributed by atoms with Crippen LogP contribution < -0.4 is 10.2 Å². The van der Waals surface area contributed by atoms with Crippen molar-refractivity contribution in [3.63, 3.8) is 0 Å². The molecule has 112 valence electrons. The Morgan fingerprint density at radius 1 is 1.33 bits per heavy atom. The van der Waals surface area contributed by atoms with E-state index in [4.69, 9.17) is 0 Å². The fourth-order valence-electron chi connectivity index (χ4n) is 4.33. The van der Waals surface area contributed by atoms with Gasteiger partial charge in [-0.2, -0.15) is 0 Å². The van der Waals surface area contributed by atoms with Gasteiger partial charge in [0.15, 0.2) is 0 Å². The number of benzene rings is 1. The molecule has 1 N–H and O–H groups in total. The fourth-order valence-corrected chi connectivity index (χ4v) is 4.33. The zero-order chi connectivity index (χ0) is 14.7. The van der Waals surface area contributed by atoms with Crippen molar-refractivity contribution < 1.29 is 4.79 Å². The van der Waals surface area contributed by atoms with Gasteiger partial charge in [0.1, 0.15) is 6.04 Å². The molecule has 0 radical (unpaired) electrons. The summed E-state index contributed by atoms with van der Waals surface area (Å²) in [7, 11) is 0. The van der Waals surface area contributed by atoms with Crippen LogP contribution in [0.4, 0.5) is 11.4 Å². The predicted octanol–water partition coefficient (Wildman–Crippen LogP) is 2.41. The van der Waals surface area contributed by atoms with Crippen molar-refractivity contribution in [1.29, 1.82) is 0 Å². The molecule has 1 aromatic carbocycles. The Kier molecular flexibility index (Phi) is 2.80. The summed E-state index contributed by atoms with van der Waals surface area (Å²) in [6.07, 6.45) is 1.15. The summed E-state index contributed by atoms with van der Waals surface area (Å²) in [6.45, 7) is 8.82. The number of hydrogen-bond acceptors (Lipinski definition) is 3. The van der Waals surface area contributed by atoms with Crippen LogP contribution in [0.5, 0.6) is 0 Å². The first kappa shape index (κ1) is 13.1. The second-order valence-corrected chi connectivity index (χ2v) is 6.87. The Bertz CT molecular complexity index is 598. The van der Waals surface area contributed by atoms with Gasteiger partial charge < -0.3 is 15.1 Å². The summed E-state index contributed by atoms with van der Waals surface area (Å²) >= 11 is 0. The molecule has 0 aliphatic carbocycles. The Balaban J connectivity index is 1.79. The summed E-state index contributed by atoms with van der Waals surface area (Å²) < 4.78 is 0. The zero-order valence-electron chi connectivity index (χ0n) is 13.0. The van der Waals surface area contributed by atoms with Crippen molar-refractivity contribution in [3.8, 4) is 0 Å². The number of likely N-dealkylation sites (tertiary alicyclic amines) is 1. The van der Waals surface area contributed by atoms with Crippen molar-refractivity contribution in [2.75, 3.05) is 23.3 Å². The minimum absolute atomic E-state index is 0.0563. The molecule has 4 nitrogen and oxygen atoms in total. The van der Waals surface area contributed by atoms with Crippen molar-refractivity contribution in [3.05, 3.63) is 23.8 Å². The zero-order valence-corrected chi connectivity index (χ0v) is 13.0. The average Bonchev–Trinajstić information content (AvgIpc) is 2.80. The highest BCUT2D eigenvalue weighted by molar-refractivity contribution is 6.05. The number of piperidine rings is 1. The van der Waals surface area contributed by atoms with Gasteiger partial charge in [-0.3, -0.25) is 4.79 Å². The number of amides is 1. The second-order valence-electron chi connectivity index (χ2n) is 6.87. The van der Waals surface area contributed by atoms with Crippen molar-refractivity contribution in [1.82, 2.24) is 4.90 Å². The standard InChI is InChI=1S/C17H23N3O/c1-10(2)19-8-7-15-13(9-19)12-5-4-6-14-16(12)20(15)11(3)17(21)18-14/h4-6,10-11,13,15H,7-9H2,1-3H3,(H,18,21). The summed E-state index contributed by atoms with van der Waals surface area (Å²) in [5.41, 5.74) is 3.71. The SMILES string of the molecule is CC(C)N1CCC2C(C1)c1cccc3c1N2C(C)C(=O)N3. The van der Waals surface area contributed by atoms with E-state index in [1.54, 1.807) is 0 Å². The molecule has 1 saturated heterocycles. The smallest absolute Gasteiger partial charge is 0.246 e. The van der Waals surface area contributed by atoms with Gasteiger partial charge in [-0.1, -0.05) is 12.1 Å². The molecule has 21 heavy (non-hydrogen) atoms. The number of fused-ring (bicyclic) bond motifs is 3. The van der Waals surface area contributed by atoms with Gasteiger partial charge in [0.25, 0.3) is 0 Å². The van der Waals surface area contributed by atoms with Crippen LogP contribution in [0.2, 0.25) is 0 Å². The Hall–Kier alpha value is -1.55. The number of anilines is 2. The second kappa shape index (κ2) is 4.47. The molecule has 1 aromatic rings. The van der Waals surface area contributed by atoms with Crippen LogP contribution in [0.3, 0.4) is 0 Å². The fraction of sp³-hybridized carbons (Fsp3) is 0.588. The minimum Gasteiger partial charge on any atom is -0.354 e. The molecule has 3 aliphatic rings. The highest BCUT2D eigenvalue weighted by Gasteiger charge is 2.48. The van der Waals surface area contributed by atoms with E-state index in [0.29, 0.717) is 18.0 Å². The Labute approximate surface area is 126 Å². The van der Waals surface area contributed by atoms with Gasteiger partial charge in [0, 0.05) is 31.1 Å². The lowest BCUT2D eigenvalue weighted by atomic mass is 9.88. The number of carbonyl (C=O) groups is 1. The van der Waals surface area contributed by atoms with Crippen LogP contribution in [0.25, 0.3) is 0 Å². The van der Waals surface area contributed by atoms with E-state index >= 15 is 0 Å². The normalized spacial score (nSPS) is 31.1. The molecular weight excluding hydrogens is 262 g/mol. The average molecular weight is 285 g/mol. The molecular formula is C17H23N3O. The number of carbonyl (C=O) groups excluding carboxylic acids is 1. The first-order valence-corrected chi connectivity index (χ1v) is 8.04. The number of para-hydroxylation sites is 1. The molecule has 0 saturated carbocycles. The minimum atomic E-state index is -0.0563. The van der Waals surface area contributed by atoms with E-state index in [0.717, 1.165) is 25.2 Å².